The van der Waals surface area contributed by atoms with Crippen molar-refractivity contribution >= 4 is 17.0 Å². The molecule has 0 spiro atoms. The molecule has 0 atom stereocenters. The smallest absolute Gasteiger partial charge is 0.320 e. The van der Waals surface area contributed by atoms with Gasteiger partial charge >= 0.3 is 6.01 Å². The van der Waals surface area contributed by atoms with Gasteiger partial charge in [-0.2, -0.15) is 9.97 Å². The van der Waals surface area contributed by atoms with Crippen LogP contribution in [0.3, 0.4) is 0 Å². The Morgan fingerprint density at radius 2 is 2.08 bits per heavy atom. The van der Waals surface area contributed by atoms with E-state index < -0.39 is 0 Å². The summed E-state index contributed by atoms with van der Waals surface area (Å²) >= 11 is 0. The third kappa shape index (κ3) is 3.37. The lowest BCUT2D eigenvalue weighted by atomic mass is 10.3. The van der Waals surface area contributed by atoms with Crippen LogP contribution in [0.25, 0.3) is 11.2 Å². The summed E-state index contributed by atoms with van der Waals surface area (Å²) in [4.78, 5) is 17.1. The minimum Gasteiger partial charge on any atom is -0.481 e. The quantitative estimate of drug-likeness (QED) is 0.662. The SMILES string of the molecule is CCCCOc1nc(N)c2ncn(Cc3ccc(OC)nc3)c2n1. The molecule has 3 aromatic rings. The van der Waals surface area contributed by atoms with E-state index in [1.165, 1.54) is 0 Å². The van der Waals surface area contributed by atoms with Crippen LogP contribution >= 0.6 is 0 Å². The molecule has 0 saturated carbocycles. The van der Waals surface area contributed by atoms with Gasteiger partial charge in [0.2, 0.25) is 5.88 Å². The van der Waals surface area contributed by atoms with Gasteiger partial charge in [-0.05, 0) is 12.0 Å². The van der Waals surface area contributed by atoms with Crippen molar-refractivity contribution in [3.8, 4) is 11.9 Å². The van der Waals surface area contributed by atoms with E-state index in [0.29, 0.717) is 36.0 Å². The van der Waals surface area contributed by atoms with Gasteiger partial charge in [-0.3, -0.25) is 0 Å². The summed E-state index contributed by atoms with van der Waals surface area (Å²) in [5.74, 6) is 0.894. The number of unbranched alkanes of at least 4 members (excludes halogenated alkanes) is 1. The minimum absolute atomic E-state index is 0.281. The number of imidazole rings is 1. The maximum absolute atomic E-state index is 5.97. The topological polar surface area (TPSA) is 101 Å². The number of hydrogen-bond donors (Lipinski definition) is 1. The summed E-state index contributed by atoms with van der Waals surface area (Å²) in [5.41, 5.74) is 8.18. The highest BCUT2D eigenvalue weighted by molar-refractivity contribution is 5.81. The van der Waals surface area contributed by atoms with Crippen LogP contribution in [0.5, 0.6) is 11.9 Å². The van der Waals surface area contributed by atoms with Crippen molar-refractivity contribution in [2.24, 2.45) is 0 Å². The van der Waals surface area contributed by atoms with Gasteiger partial charge in [-0.15, -0.1) is 0 Å². The molecule has 3 aromatic heterocycles. The number of nitrogens with two attached hydrogens (primary N) is 1. The first-order chi connectivity index (χ1) is 11.7. The second kappa shape index (κ2) is 7.12. The van der Waals surface area contributed by atoms with Crippen LogP contribution in [0.15, 0.2) is 24.7 Å². The molecule has 8 nitrogen and oxygen atoms in total. The first kappa shape index (κ1) is 16.0. The molecule has 0 fully saturated rings. The van der Waals surface area contributed by atoms with Crippen molar-refractivity contribution in [1.82, 2.24) is 24.5 Å². The number of anilines is 1. The highest BCUT2D eigenvalue weighted by atomic mass is 16.5. The van der Waals surface area contributed by atoms with Crippen LogP contribution < -0.4 is 15.2 Å². The van der Waals surface area contributed by atoms with Gasteiger partial charge in [-0.1, -0.05) is 19.4 Å². The van der Waals surface area contributed by atoms with Crippen LogP contribution in [0, 0.1) is 0 Å². The van der Waals surface area contributed by atoms with Gasteiger partial charge < -0.3 is 19.8 Å². The van der Waals surface area contributed by atoms with Crippen molar-refractivity contribution in [2.75, 3.05) is 19.5 Å². The molecule has 0 aromatic carbocycles. The molecular formula is C16H20N6O2. The lowest BCUT2D eigenvalue weighted by Gasteiger charge is -2.07. The minimum atomic E-state index is 0.281. The Morgan fingerprint density at radius 3 is 2.79 bits per heavy atom. The van der Waals surface area contributed by atoms with Crippen LogP contribution in [0.4, 0.5) is 5.82 Å². The van der Waals surface area contributed by atoms with E-state index in [-0.39, 0.29) is 6.01 Å². The average molecular weight is 328 g/mol. The Labute approximate surface area is 139 Å². The lowest BCUT2D eigenvalue weighted by molar-refractivity contribution is 0.286. The Balaban J connectivity index is 1.86. The average Bonchev–Trinajstić information content (AvgIpc) is 2.99. The van der Waals surface area contributed by atoms with Gasteiger partial charge in [-0.25, -0.2) is 9.97 Å². The van der Waals surface area contributed by atoms with E-state index in [4.69, 9.17) is 15.2 Å². The number of nitrogens with zero attached hydrogens (tertiary/aromatic N) is 5. The zero-order valence-corrected chi connectivity index (χ0v) is 13.8. The number of hydrogen-bond acceptors (Lipinski definition) is 7. The first-order valence-corrected chi connectivity index (χ1v) is 7.81. The van der Waals surface area contributed by atoms with E-state index >= 15 is 0 Å². The van der Waals surface area contributed by atoms with Crippen LogP contribution in [-0.2, 0) is 6.54 Å². The maximum Gasteiger partial charge on any atom is 0.320 e. The van der Waals surface area contributed by atoms with Crippen LogP contribution in [0.2, 0.25) is 0 Å². The lowest BCUT2D eigenvalue weighted by Crippen LogP contribution is -2.06. The summed E-state index contributed by atoms with van der Waals surface area (Å²) in [6.45, 7) is 3.23. The van der Waals surface area contributed by atoms with Crippen molar-refractivity contribution in [1.29, 1.82) is 0 Å². The summed E-state index contributed by atoms with van der Waals surface area (Å²) in [7, 11) is 1.59. The number of ether oxygens (including phenoxy) is 2. The van der Waals surface area contributed by atoms with E-state index in [0.717, 1.165) is 18.4 Å². The van der Waals surface area contributed by atoms with E-state index in [1.54, 1.807) is 19.6 Å². The number of rotatable bonds is 7. The van der Waals surface area contributed by atoms with Gasteiger partial charge in [0.05, 0.1) is 26.6 Å². The molecule has 0 saturated heterocycles. The van der Waals surface area contributed by atoms with Crippen molar-refractivity contribution in [3.63, 3.8) is 0 Å². The van der Waals surface area contributed by atoms with E-state index in [9.17, 15) is 0 Å². The highest BCUT2D eigenvalue weighted by Crippen LogP contribution is 2.20. The molecule has 8 heteroatoms. The number of fused-ring (bicyclic) bond motifs is 1. The number of nitrogen functional groups attached to an aromatic ring is 1. The molecule has 3 rings (SSSR count). The Kier molecular flexibility index (Phi) is 4.74. The predicted molar refractivity (Wildman–Crippen MR) is 90.0 cm³/mol. The molecule has 0 bridgehead atoms. The Bertz CT molecular complexity index is 815. The second-order valence-corrected chi connectivity index (χ2v) is 5.35. The van der Waals surface area contributed by atoms with Gasteiger partial charge in [0.25, 0.3) is 0 Å². The van der Waals surface area contributed by atoms with Crippen LogP contribution in [0.1, 0.15) is 25.3 Å². The summed E-state index contributed by atoms with van der Waals surface area (Å²) in [5, 5.41) is 0. The predicted octanol–water partition coefficient (Wildman–Crippen LogP) is 2.04. The molecule has 24 heavy (non-hydrogen) atoms. The zero-order chi connectivity index (χ0) is 16.9. The third-order valence-electron chi connectivity index (χ3n) is 3.56. The van der Waals surface area contributed by atoms with Gasteiger partial charge in [0.15, 0.2) is 17.0 Å². The largest absolute Gasteiger partial charge is 0.481 e. The molecule has 0 radical (unpaired) electrons. The molecule has 0 aliphatic carbocycles. The van der Waals surface area contributed by atoms with Gasteiger partial charge in [0.1, 0.15) is 0 Å². The summed E-state index contributed by atoms with van der Waals surface area (Å²) in [6, 6.07) is 4.04. The molecule has 0 aliphatic rings. The number of pyridine rings is 1. The molecule has 0 amide bonds. The molecule has 0 unspecified atom stereocenters. The Hall–Kier alpha value is -2.90. The Morgan fingerprint density at radius 1 is 1.21 bits per heavy atom. The molecule has 2 N–H and O–H groups in total. The third-order valence-corrected chi connectivity index (χ3v) is 3.56. The first-order valence-electron chi connectivity index (χ1n) is 7.81. The zero-order valence-electron chi connectivity index (χ0n) is 13.8. The highest BCUT2D eigenvalue weighted by Gasteiger charge is 2.12. The van der Waals surface area contributed by atoms with Gasteiger partial charge in [0, 0.05) is 12.3 Å². The molecular weight excluding hydrogens is 308 g/mol. The fraction of sp³-hybridized carbons (Fsp3) is 0.375. The van der Waals surface area contributed by atoms with Crippen molar-refractivity contribution < 1.29 is 9.47 Å². The fourth-order valence-electron chi connectivity index (χ4n) is 2.26. The second-order valence-electron chi connectivity index (χ2n) is 5.35. The molecule has 0 aliphatic heterocycles. The standard InChI is InChI=1S/C16H20N6O2/c1-3-4-7-24-16-20-14(17)13-15(21-16)22(10-19-13)9-11-5-6-12(23-2)18-8-11/h5-6,8,10H,3-4,7,9H2,1-2H3,(H2,17,20,21). The molecule has 3 heterocycles. The van der Waals surface area contributed by atoms with Crippen molar-refractivity contribution in [2.45, 2.75) is 26.3 Å². The fourth-order valence-corrected chi connectivity index (χ4v) is 2.26. The van der Waals surface area contributed by atoms with Crippen molar-refractivity contribution in [3.05, 3.63) is 30.2 Å². The van der Waals surface area contributed by atoms with E-state index in [2.05, 4.69) is 26.9 Å². The maximum atomic E-state index is 5.97. The molecule has 126 valence electrons. The number of methoxy groups -OCH3 is 1. The summed E-state index contributed by atoms with van der Waals surface area (Å²) < 4.78 is 12.5. The number of aromatic nitrogens is 5. The summed E-state index contributed by atoms with van der Waals surface area (Å²) in [6.07, 6.45) is 5.43. The monoisotopic (exact) mass is 328 g/mol. The van der Waals surface area contributed by atoms with E-state index in [1.807, 2.05) is 16.7 Å². The normalized spacial score (nSPS) is 10.9. The van der Waals surface area contributed by atoms with Crippen LogP contribution in [-0.4, -0.2) is 38.2 Å².